The molecule has 5 nitrogen and oxygen atoms in total. The first-order valence-electron chi connectivity index (χ1n) is 7.77. The summed E-state index contributed by atoms with van der Waals surface area (Å²) in [6.45, 7) is 5.65. The summed E-state index contributed by atoms with van der Waals surface area (Å²) in [4.78, 5) is 14.4. The summed E-state index contributed by atoms with van der Waals surface area (Å²) in [7, 11) is 0. The standard InChI is InChI=1S/C17H22N4O/c1-13(12-20-9-5-8-19-20)11-18-17(22)21-14(2)10-15-6-3-4-7-16(15)21/h3-9,13-14H,10-12H2,1-2H3,(H,18,22). The van der Waals surface area contributed by atoms with E-state index in [2.05, 4.69) is 30.3 Å². The zero-order valence-corrected chi connectivity index (χ0v) is 13.1. The van der Waals surface area contributed by atoms with Crippen LogP contribution in [0.25, 0.3) is 0 Å². The molecule has 1 aliphatic heterocycles. The topological polar surface area (TPSA) is 50.2 Å². The second kappa shape index (κ2) is 6.22. The minimum atomic E-state index is -0.00948. The van der Waals surface area contributed by atoms with Crippen LogP contribution >= 0.6 is 0 Å². The van der Waals surface area contributed by atoms with Gasteiger partial charge in [0.05, 0.1) is 0 Å². The first kappa shape index (κ1) is 14.6. The molecule has 116 valence electrons. The number of hydrogen-bond acceptors (Lipinski definition) is 2. The third kappa shape index (κ3) is 2.98. The van der Waals surface area contributed by atoms with Crippen LogP contribution in [0.5, 0.6) is 0 Å². The first-order valence-corrected chi connectivity index (χ1v) is 7.77. The Bertz CT molecular complexity index is 638. The fourth-order valence-corrected chi connectivity index (χ4v) is 3.01. The van der Waals surface area contributed by atoms with Gasteiger partial charge in [0.1, 0.15) is 0 Å². The van der Waals surface area contributed by atoms with Crippen LogP contribution in [0.4, 0.5) is 10.5 Å². The van der Waals surface area contributed by atoms with Crippen molar-refractivity contribution in [1.29, 1.82) is 0 Å². The van der Waals surface area contributed by atoms with Crippen LogP contribution in [-0.2, 0) is 13.0 Å². The van der Waals surface area contributed by atoms with Gasteiger partial charge in [-0.25, -0.2) is 4.79 Å². The zero-order chi connectivity index (χ0) is 15.5. The monoisotopic (exact) mass is 298 g/mol. The van der Waals surface area contributed by atoms with Gasteiger partial charge in [0.25, 0.3) is 0 Å². The number of carbonyl (C=O) groups excluding carboxylic acids is 1. The lowest BCUT2D eigenvalue weighted by Gasteiger charge is -2.24. The molecule has 2 heterocycles. The van der Waals surface area contributed by atoms with E-state index in [9.17, 15) is 4.79 Å². The maximum absolute atomic E-state index is 12.5. The Hall–Kier alpha value is -2.30. The lowest BCUT2D eigenvalue weighted by atomic mass is 10.1. The van der Waals surface area contributed by atoms with E-state index >= 15 is 0 Å². The van der Waals surface area contributed by atoms with Gasteiger partial charge < -0.3 is 5.32 Å². The van der Waals surface area contributed by atoms with Gasteiger partial charge in [0.2, 0.25) is 0 Å². The molecular formula is C17H22N4O. The van der Waals surface area contributed by atoms with Crippen LogP contribution in [0.1, 0.15) is 19.4 Å². The normalized spacial score (nSPS) is 18.1. The van der Waals surface area contributed by atoms with Crippen molar-refractivity contribution in [2.75, 3.05) is 11.4 Å². The number of nitrogens with one attached hydrogen (secondary N) is 1. The maximum Gasteiger partial charge on any atom is 0.322 e. The van der Waals surface area contributed by atoms with Crippen LogP contribution in [0.3, 0.4) is 0 Å². The number of urea groups is 1. The van der Waals surface area contributed by atoms with Crippen molar-refractivity contribution in [3.8, 4) is 0 Å². The van der Waals surface area contributed by atoms with E-state index < -0.39 is 0 Å². The molecule has 0 bridgehead atoms. The smallest absolute Gasteiger partial charge is 0.322 e. The van der Waals surface area contributed by atoms with Gasteiger partial charge in [0.15, 0.2) is 0 Å². The van der Waals surface area contributed by atoms with Crippen molar-refractivity contribution in [3.63, 3.8) is 0 Å². The van der Waals surface area contributed by atoms with Crippen LogP contribution in [0.2, 0.25) is 0 Å². The molecule has 5 heteroatoms. The SMILES string of the molecule is CC(CNC(=O)N1c2ccccc2CC1C)Cn1cccn1. The number of amides is 2. The van der Waals surface area contributed by atoms with Gasteiger partial charge >= 0.3 is 6.03 Å². The second-order valence-corrected chi connectivity index (χ2v) is 6.07. The molecule has 0 spiro atoms. The van der Waals surface area contributed by atoms with Gasteiger partial charge in [-0.2, -0.15) is 5.10 Å². The van der Waals surface area contributed by atoms with E-state index in [1.165, 1.54) is 5.56 Å². The molecule has 0 radical (unpaired) electrons. The Balaban J connectivity index is 1.58. The number of para-hydroxylation sites is 1. The summed E-state index contributed by atoms with van der Waals surface area (Å²) >= 11 is 0. The number of benzene rings is 1. The van der Waals surface area contributed by atoms with Crippen molar-refractivity contribution >= 4 is 11.7 Å². The second-order valence-electron chi connectivity index (χ2n) is 6.07. The van der Waals surface area contributed by atoms with Gasteiger partial charge in [0, 0.05) is 37.2 Å². The molecule has 1 aromatic heterocycles. The van der Waals surface area contributed by atoms with Crippen molar-refractivity contribution in [3.05, 3.63) is 48.3 Å². The molecule has 22 heavy (non-hydrogen) atoms. The van der Waals surface area contributed by atoms with Gasteiger partial charge in [-0.05, 0) is 37.0 Å². The van der Waals surface area contributed by atoms with E-state index in [1.54, 1.807) is 6.20 Å². The fraction of sp³-hybridized carbons (Fsp3) is 0.412. The number of carbonyl (C=O) groups is 1. The number of aromatic nitrogens is 2. The number of nitrogens with zero attached hydrogens (tertiary/aromatic N) is 3. The summed E-state index contributed by atoms with van der Waals surface area (Å²) in [6, 6.07) is 10.2. The van der Waals surface area contributed by atoms with Crippen molar-refractivity contribution in [2.45, 2.75) is 32.9 Å². The van der Waals surface area contributed by atoms with Crippen LogP contribution in [0.15, 0.2) is 42.7 Å². The third-order valence-electron chi connectivity index (χ3n) is 4.09. The molecule has 1 aromatic carbocycles. The number of anilines is 1. The average Bonchev–Trinajstić information content (AvgIpc) is 3.11. The van der Waals surface area contributed by atoms with Gasteiger partial charge in [-0.3, -0.25) is 9.58 Å². The minimum Gasteiger partial charge on any atom is -0.337 e. The molecule has 0 aliphatic carbocycles. The number of fused-ring (bicyclic) bond motifs is 1. The highest BCUT2D eigenvalue weighted by Crippen LogP contribution is 2.31. The molecule has 2 amide bonds. The first-order chi connectivity index (χ1) is 10.6. The Morgan fingerprint density at radius 3 is 3.00 bits per heavy atom. The molecule has 2 aromatic rings. The highest BCUT2D eigenvalue weighted by atomic mass is 16.2. The highest BCUT2D eigenvalue weighted by Gasteiger charge is 2.30. The molecule has 2 unspecified atom stereocenters. The molecule has 0 saturated carbocycles. The predicted molar refractivity (Wildman–Crippen MR) is 86.9 cm³/mol. The largest absolute Gasteiger partial charge is 0.337 e. The van der Waals surface area contributed by atoms with E-state index in [-0.39, 0.29) is 12.1 Å². The number of rotatable bonds is 4. The summed E-state index contributed by atoms with van der Waals surface area (Å²) in [6.07, 6.45) is 4.64. The Kier molecular flexibility index (Phi) is 4.13. The Labute approximate surface area is 130 Å². The van der Waals surface area contributed by atoms with Crippen molar-refractivity contribution in [2.24, 2.45) is 5.92 Å². The maximum atomic E-state index is 12.5. The van der Waals surface area contributed by atoms with Crippen molar-refractivity contribution in [1.82, 2.24) is 15.1 Å². The summed E-state index contributed by atoms with van der Waals surface area (Å²) in [5.74, 6) is 0.331. The molecule has 0 saturated heterocycles. The molecule has 2 atom stereocenters. The minimum absolute atomic E-state index is 0.00948. The average molecular weight is 298 g/mol. The van der Waals surface area contributed by atoms with E-state index in [0.717, 1.165) is 18.7 Å². The van der Waals surface area contributed by atoms with Crippen LogP contribution in [-0.4, -0.2) is 28.4 Å². The summed E-state index contributed by atoms with van der Waals surface area (Å²) in [5.41, 5.74) is 2.28. The molecule has 0 fully saturated rings. The predicted octanol–water partition coefficient (Wildman–Crippen LogP) is 2.68. The number of hydrogen-bond donors (Lipinski definition) is 1. The van der Waals surface area contributed by atoms with Gasteiger partial charge in [-0.15, -0.1) is 0 Å². The lowest BCUT2D eigenvalue weighted by molar-refractivity contribution is 0.242. The van der Waals surface area contributed by atoms with Crippen LogP contribution in [0, 0.1) is 5.92 Å². The van der Waals surface area contributed by atoms with Gasteiger partial charge in [-0.1, -0.05) is 25.1 Å². The third-order valence-corrected chi connectivity index (χ3v) is 4.09. The van der Waals surface area contributed by atoms with E-state index in [0.29, 0.717) is 12.5 Å². The molecular weight excluding hydrogens is 276 g/mol. The lowest BCUT2D eigenvalue weighted by Crippen LogP contribution is -2.44. The molecule has 1 aliphatic rings. The summed E-state index contributed by atoms with van der Waals surface area (Å²) < 4.78 is 1.89. The van der Waals surface area contributed by atoms with Crippen molar-refractivity contribution < 1.29 is 4.79 Å². The Morgan fingerprint density at radius 2 is 2.23 bits per heavy atom. The highest BCUT2D eigenvalue weighted by molar-refractivity contribution is 5.94. The Morgan fingerprint density at radius 1 is 1.41 bits per heavy atom. The molecule has 3 rings (SSSR count). The van der Waals surface area contributed by atoms with Crippen LogP contribution < -0.4 is 10.2 Å². The zero-order valence-electron chi connectivity index (χ0n) is 13.1. The fourth-order valence-electron chi connectivity index (χ4n) is 3.01. The quantitative estimate of drug-likeness (QED) is 0.943. The van der Waals surface area contributed by atoms with E-state index in [1.807, 2.05) is 40.0 Å². The summed E-state index contributed by atoms with van der Waals surface area (Å²) in [5, 5.41) is 7.25. The molecule has 1 N–H and O–H groups in total. The van der Waals surface area contributed by atoms with E-state index in [4.69, 9.17) is 0 Å².